The molecule has 3 nitrogen and oxygen atoms in total. The summed E-state index contributed by atoms with van der Waals surface area (Å²) in [6, 6.07) is 5.75. The first-order chi connectivity index (χ1) is 7.07. The number of halogens is 1. The Bertz CT molecular complexity index is 395. The summed E-state index contributed by atoms with van der Waals surface area (Å²) in [5.74, 6) is -0.914. The zero-order valence-corrected chi connectivity index (χ0v) is 9.31. The zero-order valence-electron chi connectivity index (χ0n) is 8.49. The molecule has 15 heavy (non-hydrogen) atoms. The van der Waals surface area contributed by atoms with E-state index in [-0.39, 0.29) is 10.8 Å². The molecule has 1 aromatic rings. The average Bonchev–Trinajstić information content (AvgIpc) is 2.26. The van der Waals surface area contributed by atoms with E-state index in [1.54, 1.807) is 6.07 Å². The van der Waals surface area contributed by atoms with Crippen LogP contribution < -0.4 is 5.32 Å². The summed E-state index contributed by atoms with van der Waals surface area (Å²) in [5, 5.41) is 1.62. The van der Waals surface area contributed by atoms with Crippen molar-refractivity contribution < 1.29 is 13.4 Å². The second-order valence-electron chi connectivity index (χ2n) is 2.98. The molecule has 1 aromatic carbocycles. The molecule has 0 aromatic heterocycles. The zero-order chi connectivity index (χ0) is 11.4. The Kier molecular flexibility index (Phi) is 3.96. The molecule has 0 spiro atoms. The summed E-state index contributed by atoms with van der Waals surface area (Å²) in [6.45, 7) is 1.50. The lowest BCUT2D eigenvalue weighted by atomic mass is 10.3. The highest BCUT2D eigenvalue weighted by Gasteiger charge is 2.22. The minimum absolute atomic E-state index is 0.0635. The normalized spacial score (nSPS) is 14.3. The minimum atomic E-state index is -1.66. The fraction of sp³-hybridized carbons (Fsp3) is 0.300. The van der Waals surface area contributed by atoms with Gasteiger partial charge in [0.2, 0.25) is 5.91 Å². The number of benzene rings is 1. The van der Waals surface area contributed by atoms with Crippen LogP contribution in [0.5, 0.6) is 0 Å². The van der Waals surface area contributed by atoms with E-state index in [1.165, 1.54) is 32.2 Å². The molecule has 1 rings (SSSR count). The summed E-state index contributed by atoms with van der Waals surface area (Å²) < 4.78 is 25.0. The SMILES string of the molecule is CNC(=O)C(C)S(=O)c1ccccc1F. The maximum Gasteiger partial charge on any atom is 0.235 e. The summed E-state index contributed by atoms with van der Waals surface area (Å²) in [6.07, 6.45) is 0. The first kappa shape index (κ1) is 11.8. The van der Waals surface area contributed by atoms with Gasteiger partial charge in [-0.25, -0.2) is 4.39 Å². The van der Waals surface area contributed by atoms with Crippen LogP contribution in [0.4, 0.5) is 4.39 Å². The van der Waals surface area contributed by atoms with Gasteiger partial charge in [0, 0.05) is 7.05 Å². The summed E-state index contributed by atoms with van der Waals surface area (Å²) >= 11 is 0. The highest BCUT2D eigenvalue weighted by molar-refractivity contribution is 7.86. The van der Waals surface area contributed by atoms with E-state index in [4.69, 9.17) is 0 Å². The molecule has 0 aliphatic heterocycles. The third kappa shape index (κ3) is 2.62. The standard InChI is InChI=1S/C10H12FNO2S/c1-7(10(13)12-2)15(14)9-6-4-3-5-8(9)11/h3-7H,1-2H3,(H,12,13). The molecular weight excluding hydrogens is 217 g/mol. The Morgan fingerprint density at radius 2 is 2.07 bits per heavy atom. The number of nitrogens with one attached hydrogen (secondary N) is 1. The Morgan fingerprint density at radius 3 is 2.60 bits per heavy atom. The quantitative estimate of drug-likeness (QED) is 0.842. The van der Waals surface area contributed by atoms with Gasteiger partial charge in [-0.3, -0.25) is 9.00 Å². The van der Waals surface area contributed by atoms with Gasteiger partial charge in [0.15, 0.2) is 0 Å². The van der Waals surface area contributed by atoms with E-state index in [1.807, 2.05) is 0 Å². The van der Waals surface area contributed by atoms with Crippen LogP contribution in [0.15, 0.2) is 29.2 Å². The molecule has 0 fully saturated rings. The lowest BCUT2D eigenvalue weighted by Gasteiger charge is -2.10. The van der Waals surface area contributed by atoms with Crippen LogP contribution in [0, 0.1) is 5.82 Å². The second-order valence-corrected chi connectivity index (χ2v) is 4.73. The van der Waals surface area contributed by atoms with Gasteiger partial charge in [-0.15, -0.1) is 0 Å². The van der Waals surface area contributed by atoms with Crippen LogP contribution in [0.2, 0.25) is 0 Å². The van der Waals surface area contributed by atoms with Crippen molar-refractivity contribution in [2.75, 3.05) is 7.05 Å². The van der Waals surface area contributed by atoms with Crippen molar-refractivity contribution in [1.29, 1.82) is 0 Å². The van der Waals surface area contributed by atoms with Crippen LogP contribution in [0.1, 0.15) is 6.92 Å². The number of carbonyl (C=O) groups excluding carboxylic acids is 1. The third-order valence-electron chi connectivity index (χ3n) is 1.99. The predicted molar refractivity (Wildman–Crippen MR) is 56.3 cm³/mol. The molecule has 1 N–H and O–H groups in total. The van der Waals surface area contributed by atoms with Crippen LogP contribution in [0.3, 0.4) is 0 Å². The highest BCUT2D eigenvalue weighted by Crippen LogP contribution is 2.15. The topological polar surface area (TPSA) is 46.2 Å². The van der Waals surface area contributed by atoms with Gasteiger partial charge in [-0.2, -0.15) is 0 Å². The van der Waals surface area contributed by atoms with Gasteiger partial charge in [0.25, 0.3) is 0 Å². The van der Waals surface area contributed by atoms with Crippen molar-refractivity contribution >= 4 is 16.7 Å². The molecule has 0 bridgehead atoms. The Hall–Kier alpha value is -1.23. The number of amides is 1. The summed E-state index contributed by atoms with van der Waals surface area (Å²) in [4.78, 5) is 11.3. The van der Waals surface area contributed by atoms with E-state index >= 15 is 0 Å². The monoisotopic (exact) mass is 229 g/mol. The number of carbonyl (C=O) groups is 1. The van der Waals surface area contributed by atoms with Gasteiger partial charge >= 0.3 is 0 Å². The van der Waals surface area contributed by atoms with E-state index in [0.717, 1.165) is 0 Å². The van der Waals surface area contributed by atoms with E-state index < -0.39 is 21.9 Å². The van der Waals surface area contributed by atoms with Crippen LogP contribution in [-0.2, 0) is 15.6 Å². The van der Waals surface area contributed by atoms with E-state index in [9.17, 15) is 13.4 Å². The molecule has 5 heteroatoms. The second kappa shape index (κ2) is 5.02. The molecule has 0 radical (unpaired) electrons. The van der Waals surface area contributed by atoms with Crippen molar-refractivity contribution in [3.05, 3.63) is 30.1 Å². The molecule has 0 aliphatic carbocycles. The first-order valence-corrected chi connectivity index (χ1v) is 5.66. The largest absolute Gasteiger partial charge is 0.358 e. The molecule has 1 amide bonds. The van der Waals surface area contributed by atoms with Crippen LogP contribution >= 0.6 is 0 Å². The molecule has 2 unspecified atom stereocenters. The molecule has 0 saturated carbocycles. The van der Waals surface area contributed by atoms with E-state index in [0.29, 0.717) is 0 Å². The lowest BCUT2D eigenvalue weighted by molar-refractivity contribution is -0.119. The fourth-order valence-electron chi connectivity index (χ4n) is 1.10. The summed E-state index contributed by atoms with van der Waals surface area (Å²) in [7, 11) is -0.201. The molecule has 0 heterocycles. The van der Waals surface area contributed by atoms with Crippen molar-refractivity contribution in [2.24, 2.45) is 0 Å². The maximum absolute atomic E-state index is 13.2. The Labute approximate surface area is 90.1 Å². The molecule has 82 valence electrons. The van der Waals surface area contributed by atoms with Crippen molar-refractivity contribution in [2.45, 2.75) is 17.1 Å². The Balaban J connectivity index is 2.95. The average molecular weight is 229 g/mol. The third-order valence-corrected chi connectivity index (χ3v) is 3.61. The van der Waals surface area contributed by atoms with Gasteiger partial charge in [0.05, 0.1) is 15.7 Å². The number of rotatable bonds is 3. The van der Waals surface area contributed by atoms with Crippen molar-refractivity contribution in [3.63, 3.8) is 0 Å². The Morgan fingerprint density at radius 1 is 1.47 bits per heavy atom. The lowest BCUT2D eigenvalue weighted by Crippen LogP contribution is -2.33. The van der Waals surface area contributed by atoms with Gasteiger partial charge < -0.3 is 5.32 Å². The van der Waals surface area contributed by atoms with Crippen molar-refractivity contribution in [1.82, 2.24) is 5.32 Å². The molecule has 0 saturated heterocycles. The maximum atomic E-state index is 13.2. The number of hydrogen-bond donors (Lipinski definition) is 1. The first-order valence-electron chi connectivity index (χ1n) is 4.44. The summed E-state index contributed by atoms with van der Waals surface area (Å²) in [5.41, 5.74) is 0. The fourth-order valence-corrected chi connectivity index (χ4v) is 2.26. The van der Waals surface area contributed by atoms with Gasteiger partial charge in [-0.05, 0) is 19.1 Å². The molecule has 0 aliphatic rings. The van der Waals surface area contributed by atoms with Crippen molar-refractivity contribution in [3.8, 4) is 0 Å². The minimum Gasteiger partial charge on any atom is -0.358 e. The van der Waals surface area contributed by atoms with E-state index in [2.05, 4.69) is 5.32 Å². The molecular formula is C10H12FNO2S. The smallest absolute Gasteiger partial charge is 0.235 e. The predicted octanol–water partition coefficient (Wildman–Crippen LogP) is 1.07. The van der Waals surface area contributed by atoms with Crippen LogP contribution in [0.25, 0.3) is 0 Å². The van der Waals surface area contributed by atoms with Gasteiger partial charge in [0.1, 0.15) is 11.1 Å². The van der Waals surface area contributed by atoms with Crippen LogP contribution in [-0.4, -0.2) is 22.4 Å². The number of hydrogen-bond acceptors (Lipinski definition) is 2. The highest BCUT2D eigenvalue weighted by atomic mass is 32.2. The van der Waals surface area contributed by atoms with Gasteiger partial charge in [-0.1, -0.05) is 12.1 Å². The molecule has 2 atom stereocenters.